The van der Waals surface area contributed by atoms with Crippen LogP contribution >= 0.6 is 0 Å². The molecule has 0 bridgehead atoms. The van der Waals surface area contributed by atoms with Crippen LogP contribution in [0.4, 0.5) is 0 Å². The smallest absolute Gasteiger partial charge is 0.0773 e. The fraction of sp³-hybridized carbons (Fsp3) is 1.00. The molecule has 0 rings (SSSR count). The predicted molar refractivity (Wildman–Crippen MR) is 76.8 cm³/mol. The van der Waals surface area contributed by atoms with E-state index in [0.717, 1.165) is 32.7 Å². The fourth-order valence-corrected chi connectivity index (χ4v) is 1.85. The van der Waals surface area contributed by atoms with Gasteiger partial charge in [0.1, 0.15) is 0 Å². The Morgan fingerprint density at radius 3 is 2.22 bits per heavy atom. The molecule has 2 N–H and O–H groups in total. The molecule has 0 aromatic rings. The van der Waals surface area contributed by atoms with Gasteiger partial charge < -0.3 is 20.1 Å². The molecule has 0 saturated heterocycles. The number of nitrogens with two attached hydrogens (primary N) is 1. The number of rotatable bonds is 10. The van der Waals surface area contributed by atoms with Crippen molar-refractivity contribution in [3.8, 4) is 0 Å². The minimum Gasteiger partial charge on any atom is -0.383 e. The Morgan fingerprint density at radius 1 is 1.17 bits per heavy atom. The molecule has 4 heteroatoms. The Bertz CT molecular complexity index is 208. The van der Waals surface area contributed by atoms with Crippen LogP contribution < -0.4 is 5.73 Å². The highest BCUT2D eigenvalue weighted by Crippen LogP contribution is 2.15. The van der Waals surface area contributed by atoms with Crippen LogP contribution in [0.2, 0.25) is 0 Å². The van der Waals surface area contributed by atoms with Gasteiger partial charge in [0.15, 0.2) is 0 Å². The van der Waals surface area contributed by atoms with E-state index in [0.29, 0.717) is 5.92 Å². The molecular formula is C14H32N2O2. The summed E-state index contributed by atoms with van der Waals surface area (Å²) in [4.78, 5) is 2.42. The largest absolute Gasteiger partial charge is 0.383 e. The van der Waals surface area contributed by atoms with E-state index >= 15 is 0 Å². The van der Waals surface area contributed by atoms with Crippen molar-refractivity contribution >= 4 is 0 Å². The van der Waals surface area contributed by atoms with Gasteiger partial charge in [-0.05, 0) is 32.7 Å². The van der Waals surface area contributed by atoms with Gasteiger partial charge in [-0.15, -0.1) is 0 Å². The van der Waals surface area contributed by atoms with E-state index in [-0.39, 0.29) is 11.6 Å². The van der Waals surface area contributed by atoms with Crippen molar-refractivity contribution in [2.75, 3.05) is 40.5 Å². The molecule has 0 amide bonds. The highest BCUT2D eigenvalue weighted by molar-refractivity contribution is 4.83. The molecule has 0 aliphatic heterocycles. The van der Waals surface area contributed by atoms with Crippen LogP contribution in [0.25, 0.3) is 0 Å². The molecule has 0 heterocycles. The fourth-order valence-electron chi connectivity index (χ4n) is 1.85. The van der Waals surface area contributed by atoms with Crippen molar-refractivity contribution in [1.29, 1.82) is 0 Å². The first kappa shape index (κ1) is 17.8. The van der Waals surface area contributed by atoms with Crippen LogP contribution in [0.5, 0.6) is 0 Å². The Labute approximate surface area is 113 Å². The third-order valence-electron chi connectivity index (χ3n) is 3.41. The lowest BCUT2D eigenvalue weighted by Crippen LogP contribution is -2.47. The van der Waals surface area contributed by atoms with E-state index in [9.17, 15) is 0 Å². The number of nitrogens with zero attached hydrogens (tertiary/aromatic N) is 1. The second kappa shape index (κ2) is 8.86. The second-order valence-electron chi connectivity index (χ2n) is 5.89. The minimum atomic E-state index is -0.259. The molecule has 0 aromatic carbocycles. The average molecular weight is 260 g/mol. The molecule has 4 nitrogen and oxygen atoms in total. The lowest BCUT2D eigenvalue weighted by molar-refractivity contribution is -0.00441. The zero-order valence-electron chi connectivity index (χ0n) is 13.0. The Balaban J connectivity index is 4.15. The summed E-state index contributed by atoms with van der Waals surface area (Å²) in [6.45, 7) is 12.4. The molecule has 0 radical (unpaired) electrons. The highest BCUT2D eigenvalue weighted by atomic mass is 16.5. The highest BCUT2D eigenvalue weighted by Gasteiger charge is 2.26. The third-order valence-corrected chi connectivity index (χ3v) is 3.41. The first-order chi connectivity index (χ1) is 8.33. The van der Waals surface area contributed by atoms with E-state index in [1.165, 1.54) is 0 Å². The normalized spacial score (nSPS) is 14.5. The summed E-state index contributed by atoms with van der Waals surface area (Å²) in [5.74, 6) is 0.661. The predicted octanol–water partition coefficient (Wildman–Crippen LogP) is 1.73. The summed E-state index contributed by atoms with van der Waals surface area (Å²) in [7, 11) is 3.46. The van der Waals surface area contributed by atoms with Gasteiger partial charge in [0.2, 0.25) is 0 Å². The molecule has 0 fully saturated rings. The molecule has 18 heavy (non-hydrogen) atoms. The maximum atomic E-state index is 6.19. The van der Waals surface area contributed by atoms with Crippen LogP contribution in [0.1, 0.15) is 34.1 Å². The monoisotopic (exact) mass is 260 g/mol. The van der Waals surface area contributed by atoms with Gasteiger partial charge in [-0.3, -0.25) is 0 Å². The second-order valence-corrected chi connectivity index (χ2v) is 5.89. The number of methoxy groups -OCH3 is 2. The SMILES string of the molecule is COCCN(CCC(N)C(C)(C)OC)CC(C)C. The first-order valence-electron chi connectivity index (χ1n) is 6.85. The van der Waals surface area contributed by atoms with E-state index in [1.807, 2.05) is 13.8 Å². The summed E-state index contributed by atoms with van der Waals surface area (Å²) in [5, 5.41) is 0. The van der Waals surface area contributed by atoms with Gasteiger partial charge in [0.05, 0.1) is 12.2 Å². The van der Waals surface area contributed by atoms with Gasteiger partial charge in [-0.25, -0.2) is 0 Å². The zero-order valence-corrected chi connectivity index (χ0v) is 13.0. The summed E-state index contributed by atoms with van der Waals surface area (Å²) >= 11 is 0. The molecular weight excluding hydrogens is 228 g/mol. The summed E-state index contributed by atoms with van der Waals surface area (Å²) in [6.07, 6.45) is 0.942. The minimum absolute atomic E-state index is 0.0553. The summed E-state index contributed by atoms with van der Waals surface area (Å²) < 4.78 is 10.6. The Kier molecular flexibility index (Phi) is 8.78. The van der Waals surface area contributed by atoms with E-state index in [4.69, 9.17) is 15.2 Å². The molecule has 1 atom stereocenters. The van der Waals surface area contributed by atoms with Crippen molar-refractivity contribution in [2.45, 2.75) is 45.8 Å². The molecule has 1 unspecified atom stereocenters. The first-order valence-corrected chi connectivity index (χ1v) is 6.85. The van der Waals surface area contributed by atoms with Crippen molar-refractivity contribution in [3.63, 3.8) is 0 Å². The molecule has 0 aliphatic rings. The summed E-state index contributed by atoms with van der Waals surface area (Å²) in [6, 6.07) is 0.0553. The lowest BCUT2D eigenvalue weighted by Gasteiger charge is -2.32. The molecule has 0 spiro atoms. The Hall–Kier alpha value is -0.160. The lowest BCUT2D eigenvalue weighted by atomic mass is 9.96. The Morgan fingerprint density at radius 2 is 1.78 bits per heavy atom. The van der Waals surface area contributed by atoms with Crippen LogP contribution in [-0.2, 0) is 9.47 Å². The number of hydrogen-bond acceptors (Lipinski definition) is 4. The van der Waals surface area contributed by atoms with Crippen LogP contribution in [0, 0.1) is 5.92 Å². The molecule has 0 aromatic heterocycles. The zero-order chi connectivity index (χ0) is 14.2. The number of ether oxygens (including phenoxy) is 2. The van der Waals surface area contributed by atoms with Crippen molar-refractivity contribution in [1.82, 2.24) is 4.90 Å². The van der Waals surface area contributed by atoms with Gasteiger partial charge in [-0.1, -0.05) is 13.8 Å². The molecule has 0 aliphatic carbocycles. The molecule has 0 saturated carbocycles. The van der Waals surface area contributed by atoms with Crippen molar-refractivity contribution in [3.05, 3.63) is 0 Å². The summed E-state index contributed by atoms with van der Waals surface area (Å²) in [5.41, 5.74) is 5.93. The topological polar surface area (TPSA) is 47.7 Å². The third kappa shape index (κ3) is 7.31. The molecule has 110 valence electrons. The van der Waals surface area contributed by atoms with Gasteiger partial charge in [0, 0.05) is 33.4 Å². The van der Waals surface area contributed by atoms with Crippen LogP contribution in [-0.4, -0.2) is 57.0 Å². The van der Waals surface area contributed by atoms with Crippen molar-refractivity contribution < 1.29 is 9.47 Å². The van der Waals surface area contributed by atoms with Gasteiger partial charge >= 0.3 is 0 Å². The quantitative estimate of drug-likeness (QED) is 0.650. The van der Waals surface area contributed by atoms with E-state index < -0.39 is 0 Å². The number of hydrogen-bond donors (Lipinski definition) is 1. The van der Waals surface area contributed by atoms with E-state index in [2.05, 4.69) is 18.7 Å². The van der Waals surface area contributed by atoms with Gasteiger partial charge in [0.25, 0.3) is 0 Å². The average Bonchev–Trinajstić information content (AvgIpc) is 2.31. The van der Waals surface area contributed by atoms with Gasteiger partial charge in [-0.2, -0.15) is 0 Å². The standard InChI is InChI=1S/C14H32N2O2/c1-12(2)11-16(9-10-17-5)8-7-13(15)14(3,4)18-6/h12-13H,7-11,15H2,1-6H3. The van der Waals surface area contributed by atoms with Crippen molar-refractivity contribution in [2.24, 2.45) is 11.7 Å². The van der Waals surface area contributed by atoms with Crippen LogP contribution in [0.3, 0.4) is 0 Å². The maximum absolute atomic E-state index is 6.19. The van der Waals surface area contributed by atoms with Crippen LogP contribution in [0.15, 0.2) is 0 Å². The maximum Gasteiger partial charge on any atom is 0.0773 e. The van der Waals surface area contributed by atoms with E-state index in [1.54, 1.807) is 14.2 Å².